The van der Waals surface area contributed by atoms with E-state index >= 15 is 0 Å². The molecule has 1 aliphatic heterocycles. The molecule has 1 atom stereocenters. The first-order valence-corrected chi connectivity index (χ1v) is 5.60. The van der Waals surface area contributed by atoms with Crippen LogP contribution >= 0.6 is 0 Å². The van der Waals surface area contributed by atoms with Crippen molar-refractivity contribution in [3.8, 4) is 0 Å². The van der Waals surface area contributed by atoms with Crippen molar-refractivity contribution >= 4 is 0 Å². The number of alkyl halides is 3. The van der Waals surface area contributed by atoms with Crippen LogP contribution in [0.4, 0.5) is 13.2 Å². The molecule has 1 unspecified atom stereocenters. The molecule has 0 spiro atoms. The molecule has 1 saturated heterocycles. The van der Waals surface area contributed by atoms with Crippen LogP contribution in [0.25, 0.3) is 0 Å². The molecule has 3 N–H and O–H groups in total. The lowest BCUT2D eigenvalue weighted by Crippen LogP contribution is -2.44. The third kappa shape index (κ3) is 4.27. The summed E-state index contributed by atoms with van der Waals surface area (Å²) in [7, 11) is 0. The summed E-state index contributed by atoms with van der Waals surface area (Å²) in [6.07, 6.45) is -4.04. The van der Waals surface area contributed by atoms with Crippen molar-refractivity contribution < 1.29 is 18.3 Å². The Labute approximate surface area is 93.4 Å². The summed E-state index contributed by atoms with van der Waals surface area (Å²) in [5.41, 5.74) is 5.43. The third-order valence-corrected chi connectivity index (χ3v) is 3.09. The van der Waals surface area contributed by atoms with Crippen LogP contribution in [-0.2, 0) is 0 Å². The average molecular weight is 240 g/mol. The number of nitrogens with zero attached hydrogens (tertiary/aromatic N) is 1. The van der Waals surface area contributed by atoms with E-state index in [0.717, 1.165) is 19.3 Å². The predicted octanol–water partition coefficient (Wildman–Crippen LogP) is 0.970. The van der Waals surface area contributed by atoms with Gasteiger partial charge in [-0.25, -0.2) is 0 Å². The van der Waals surface area contributed by atoms with Gasteiger partial charge in [-0.2, -0.15) is 13.2 Å². The van der Waals surface area contributed by atoms with Crippen LogP contribution < -0.4 is 5.73 Å². The molecule has 0 aromatic rings. The maximum atomic E-state index is 12.1. The van der Waals surface area contributed by atoms with Crippen LogP contribution in [0.3, 0.4) is 0 Å². The molecular formula is C10H19F3N2O. The first-order chi connectivity index (χ1) is 7.43. The second-order valence-corrected chi connectivity index (χ2v) is 4.38. The highest BCUT2D eigenvalue weighted by atomic mass is 19.4. The molecule has 16 heavy (non-hydrogen) atoms. The van der Waals surface area contributed by atoms with Gasteiger partial charge in [0.1, 0.15) is 0 Å². The summed E-state index contributed by atoms with van der Waals surface area (Å²) < 4.78 is 36.3. The Kier molecular flexibility index (Phi) is 5.01. The van der Waals surface area contributed by atoms with Gasteiger partial charge in [0, 0.05) is 6.54 Å². The largest absolute Gasteiger partial charge is 0.415 e. The number of piperidine rings is 1. The Morgan fingerprint density at radius 1 is 1.31 bits per heavy atom. The number of nitrogens with two attached hydrogens (primary N) is 1. The van der Waals surface area contributed by atoms with E-state index in [1.54, 1.807) is 4.90 Å². The highest BCUT2D eigenvalue weighted by Crippen LogP contribution is 2.24. The fourth-order valence-electron chi connectivity index (χ4n) is 2.04. The molecule has 1 fully saturated rings. The van der Waals surface area contributed by atoms with Gasteiger partial charge in [-0.1, -0.05) is 0 Å². The van der Waals surface area contributed by atoms with E-state index in [1.807, 2.05) is 0 Å². The second kappa shape index (κ2) is 5.84. The van der Waals surface area contributed by atoms with E-state index in [-0.39, 0.29) is 6.54 Å². The molecule has 0 aromatic heterocycles. The Morgan fingerprint density at radius 2 is 1.88 bits per heavy atom. The Hall–Kier alpha value is -0.330. The number of hydrogen-bond donors (Lipinski definition) is 2. The number of hydrogen-bond acceptors (Lipinski definition) is 3. The Morgan fingerprint density at radius 3 is 2.31 bits per heavy atom. The number of aliphatic hydroxyl groups excluding tert-OH is 1. The maximum Gasteiger partial charge on any atom is 0.415 e. The van der Waals surface area contributed by atoms with E-state index in [0.29, 0.717) is 25.6 Å². The van der Waals surface area contributed by atoms with Gasteiger partial charge < -0.3 is 15.7 Å². The van der Waals surface area contributed by atoms with Crippen LogP contribution in [0, 0.1) is 5.92 Å². The van der Waals surface area contributed by atoms with Crippen molar-refractivity contribution in [3.63, 3.8) is 0 Å². The molecule has 96 valence electrons. The molecule has 3 nitrogen and oxygen atoms in total. The van der Waals surface area contributed by atoms with Crippen LogP contribution in [0.15, 0.2) is 0 Å². The Bertz CT molecular complexity index is 203. The summed E-state index contributed by atoms with van der Waals surface area (Å²) >= 11 is 0. The molecule has 1 rings (SSSR count). The number of rotatable bonds is 4. The molecule has 0 saturated carbocycles. The smallest absolute Gasteiger partial charge is 0.382 e. The zero-order chi connectivity index (χ0) is 12.2. The van der Waals surface area contributed by atoms with Crippen molar-refractivity contribution in [3.05, 3.63) is 0 Å². The van der Waals surface area contributed by atoms with Gasteiger partial charge in [-0.3, -0.25) is 0 Å². The quantitative estimate of drug-likeness (QED) is 0.770. The first kappa shape index (κ1) is 13.7. The molecule has 1 aliphatic rings. The van der Waals surface area contributed by atoms with Crippen molar-refractivity contribution in [2.75, 3.05) is 26.2 Å². The molecule has 0 bridgehead atoms. The molecule has 0 radical (unpaired) electrons. The van der Waals surface area contributed by atoms with Gasteiger partial charge in [-0.05, 0) is 44.8 Å². The maximum absolute atomic E-state index is 12.1. The zero-order valence-electron chi connectivity index (χ0n) is 9.21. The molecule has 0 amide bonds. The predicted molar refractivity (Wildman–Crippen MR) is 54.9 cm³/mol. The lowest BCUT2D eigenvalue weighted by atomic mass is 9.93. The normalized spacial score (nSPS) is 22.3. The lowest BCUT2D eigenvalue weighted by molar-refractivity contribution is -0.208. The van der Waals surface area contributed by atoms with Crippen molar-refractivity contribution in [1.29, 1.82) is 0 Å². The van der Waals surface area contributed by atoms with E-state index in [2.05, 4.69) is 0 Å². The standard InChI is InChI=1S/C10H19F3N2O/c11-10(12,13)9(16)7-15-5-2-8(1-4-14)3-6-15/h8-9,16H,1-7,14H2. The van der Waals surface area contributed by atoms with Crippen molar-refractivity contribution in [2.45, 2.75) is 31.5 Å². The van der Waals surface area contributed by atoms with Gasteiger partial charge in [0.05, 0.1) is 0 Å². The summed E-state index contributed by atoms with van der Waals surface area (Å²) in [5.74, 6) is 0.532. The topological polar surface area (TPSA) is 49.5 Å². The Balaban J connectivity index is 2.27. The van der Waals surface area contributed by atoms with E-state index in [9.17, 15) is 13.2 Å². The highest BCUT2D eigenvalue weighted by Gasteiger charge is 2.39. The first-order valence-electron chi connectivity index (χ1n) is 5.60. The van der Waals surface area contributed by atoms with Gasteiger partial charge >= 0.3 is 6.18 Å². The summed E-state index contributed by atoms with van der Waals surface area (Å²) in [4.78, 5) is 1.67. The zero-order valence-corrected chi connectivity index (χ0v) is 9.21. The molecular weight excluding hydrogens is 221 g/mol. The van der Waals surface area contributed by atoms with Gasteiger partial charge in [0.25, 0.3) is 0 Å². The molecule has 0 aliphatic carbocycles. The molecule has 6 heteroatoms. The summed E-state index contributed by atoms with van der Waals surface area (Å²) in [6, 6.07) is 0. The van der Waals surface area contributed by atoms with E-state index in [1.165, 1.54) is 0 Å². The molecule has 0 aromatic carbocycles. The number of halogens is 3. The van der Waals surface area contributed by atoms with Gasteiger partial charge in [0.15, 0.2) is 6.10 Å². The number of aliphatic hydroxyl groups is 1. The van der Waals surface area contributed by atoms with Crippen LogP contribution in [-0.4, -0.2) is 48.5 Å². The fourth-order valence-corrected chi connectivity index (χ4v) is 2.04. The second-order valence-electron chi connectivity index (χ2n) is 4.38. The van der Waals surface area contributed by atoms with Gasteiger partial charge in [0.2, 0.25) is 0 Å². The lowest BCUT2D eigenvalue weighted by Gasteiger charge is -2.33. The monoisotopic (exact) mass is 240 g/mol. The third-order valence-electron chi connectivity index (χ3n) is 3.09. The van der Waals surface area contributed by atoms with E-state index < -0.39 is 12.3 Å². The average Bonchev–Trinajstić information content (AvgIpc) is 2.20. The fraction of sp³-hybridized carbons (Fsp3) is 1.00. The van der Waals surface area contributed by atoms with E-state index in [4.69, 9.17) is 10.8 Å². The van der Waals surface area contributed by atoms with Gasteiger partial charge in [-0.15, -0.1) is 0 Å². The summed E-state index contributed by atoms with van der Waals surface area (Å²) in [6.45, 7) is 1.57. The minimum absolute atomic E-state index is 0.307. The SMILES string of the molecule is NCCC1CCN(CC(O)C(F)(F)F)CC1. The minimum Gasteiger partial charge on any atom is -0.382 e. The minimum atomic E-state index is -4.51. The number of β-amino-alcohol motifs (C(OH)–C–C–N with tert-alkyl or cyclic N) is 1. The number of likely N-dealkylation sites (tertiary alicyclic amines) is 1. The highest BCUT2D eigenvalue weighted by molar-refractivity contribution is 4.77. The van der Waals surface area contributed by atoms with Crippen molar-refractivity contribution in [2.24, 2.45) is 11.7 Å². The summed E-state index contributed by atoms with van der Waals surface area (Å²) in [5, 5.41) is 8.92. The van der Waals surface area contributed by atoms with Crippen LogP contribution in [0.2, 0.25) is 0 Å². The van der Waals surface area contributed by atoms with Crippen LogP contribution in [0.1, 0.15) is 19.3 Å². The molecule has 1 heterocycles. The van der Waals surface area contributed by atoms with Crippen LogP contribution in [0.5, 0.6) is 0 Å². The van der Waals surface area contributed by atoms with Crippen molar-refractivity contribution in [1.82, 2.24) is 4.90 Å².